The van der Waals surface area contributed by atoms with Crippen LogP contribution < -0.4 is 16.0 Å². The summed E-state index contributed by atoms with van der Waals surface area (Å²) in [5.74, 6) is -2.61. The predicted octanol–water partition coefficient (Wildman–Crippen LogP) is 2.36. The molecule has 2 aliphatic heterocycles. The number of rotatable bonds is 5. The number of aromatic nitrogens is 2. The first-order valence-corrected chi connectivity index (χ1v) is 10.0. The number of aliphatic imine (C=N–C) groups is 1. The summed E-state index contributed by atoms with van der Waals surface area (Å²) in [4.78, 5) is 14.8. The minimum Gasteiger partial charge on any atom is -0.383 e. The summed E-state index contributed by atoms with van der Waals surface area (Å²) in [5, 5.41) is 3.34. The number of anilines is 2. The zero-order chi connectivity index (χ0) is 21.8. The van der Waals surface area contributed by atoms with Crippen LogP contribution in [-0.4, -0.2) is 61.4 Å². The highest BCUT2D eigenvalue weighted by molar-refractivity contribution is 6.03. The SMILES string of the molecule is NC(=Nc1c(F)cc(F)cc1F)c1cnc(N2CCOCC2)nc1NC1CCOCC1. The number of hydrogen-bond acceptors (Lipinski definition) is 7. The molecule has 2 aliphatic rings. The molecule has 1 aromatic carbocycles. The third-order valence-electron chi connectivity index (χ3n) is 5.12. The molecule has 166 valence electrons. The summed E-state index contributed by atoms with van der Waals surface area (Å²) < 4.78 is 52.1. The highest BCUT2D eigenvalue weighted by atomic mass is 19.1. The quantitative estimate of drug-likeness (QED) is 0.549. The van der Waals surface area contributed by atoms with Gasteiger partial charge in [0, 0.05) is 50.7 Å². The average Bonchev–Trinajstić information content (AvgIpc) is 2.77. The van der Waals surface area contributed by atoms with E-state index in [1.54, 1.807) is 0 Å². The Balaban J connectivity index is 1.69. The van der Waals surface area contributed by atoms with Gasteiger partial charge in [0.2, 0.25) is 5.95 Å². The normalized spacial score (nSPS) is 18.3. The Bertz CT molecular complexity index is 939. The molecule has 31 heavy (non-hydrogen) atoms. The molecular weight excluding hydrogens is 413 g/mol. The van der Waals surface area contributed by atoms with Crippen molar-refractivity contribution in [2.24, 2.45) is 10.7 Å². The second-order valence-electron chi connectivity index (χ2n) is 7.28. The number of morpholine rings is 1. The van der Waals surface area contributed by atoms with E-state index in [0.717, 1.165) is 12.8 Å². The van der Waals surface area contributed by atoms with Crippen molar-refractivity contribution in [1.29, 1.82) is 0 Å². The fourth-order valence-electron chi connectivity index (χ4n) is 3.44. The smallest absolute Gasteiger partial charge is 0.227 e. The third-order valence-corrected chi connectivity index (χ3v) is 5.12. The van der Waals surface area contributed by atoms with E-state index >= 15 is 0 Å². The van der Waals surface area contributed by atoms with Crippen molar-refractivity contribution < 1.29 is 22.6 Å². The fourth-order valence-corrected chi connectivity index (χ4v) is 3.44. The maximum Gasteiger partial charge on any atom is 0.227 e. The first kappa shape index (κ1) is 21.3. The van der Waals surface area contributed by atoms with Crippen LogP contribution in [0.4, 0.5) is 30.6 Å². The minimum absolute atomic E-state index is 0.0898. The van der Waals surface area contributed by atoms with E-state index in [1.807, 2.05) is 4.90 Å². The van der Waals surface area contributed by atoms with Crippen molar-refractivity contribution in [3.8, 4) is 0 Å². The third kappa shape index (κ3) is 5.05. The van der Waals surface area contributed by atoms with Gasteiger partial charge in [-0.1, -0.05) is 0 Å². The number of ether oxygens (including phenoxy) is 2. The van der Waals surface area contributed by atoms with E-state index in [2.05, 4.69) is 20.3 Å². The summed E-state index contributed by atoms with van der Waals surface area (Å²) in [6, 6.07) is 1.19. The van der Waals surface area contributed by atoms with Crippen LogP contribution in [0, 0.1) is 17.5 Å². The van der Waals surface area contributed by atoms with Gasteiger partial charge in [-0.05, 0) is 12.8 Å². The monoisotopic (exact) mass is 436 g/mol. The van der Waals surface area contributed by atoms with Crippen molar-refractivity contribution in [3.05, 3.63) is 41.3 Å². The molecule has 0 radical (unpaired) electrons. The first-order chi connectivity index (χ1) is 15.0. The van der Waals surface area contributed by atoms with Crippen LogP contribution in [0.3, 0.4) is 0 Å². The van der Waals surface area contributed by atoms with E-state index < -0.39 is 23.1 Å². The summed E-state index contributed by atoms with van der Waals surface area (Å²) in [7, 11) is 0. The van der Waals surface area contributed by atoms with Crippen LogP contribution in [0.1, 0.15) is 18.4 Å². The molecule has 2 aromatic rings. The van der Waals surface area contributed by atoms with E-state index in [0.29, 0.717) is 69.0 Å². The second kappa shape index (κ2) is 9.48. The Labute approximate surface area is 177 Å². The predicted molar refractivity (Wildman–Crippen MR) is 109 cm³/mol. The van der Waals surface area contributed by atoms with Gasteiger partial charge in [0.25, 0.3) is 0 Å². The van der Waals surface area contributed by atoms with Crippen molar-refractivity contribution >= 4 is 23.3 Å². The summed E-state index contributed by atoms with van der Waals surface area (Å²) in [5.41, 5.74) is 5.71. The van der Waals surface area contributed by atoms with Crippen molar-refractivity contribution in [1.82, 2.24) is 9.97 Å². The molecule has 3 N–H and O–H groups in total. The summed E-state index contributed by atoms with van der Waals surface area (Å²) in [6.07, 6.45) is 3.01. The molecule has 4 rings (SSSR count). The van der Waals surface area contributed by atoms with Crippen LogP contribution in [0.15, 0.2) is 23.3 Å². The number of amidine groups is 1. The molecule has 0 unspecified atom stereocenters. The molecule has 0 bridgehead atoms. The average molecular weight is 436 g/mol. The van der Waals surface area contributed by atoms with Crippen LogP contribution in [0.5, 0.6) is 0 Å². The highest BCUT2D eigenvalue weighted by Gasteiger charge is 2.21. The Morgan fingerprint density at radius 3 is 2.39 bits per heavy atom. The Morgan fingerprint density at radius 1 is 1.06 bits per heavy atom. The van der Waals surface area contributed by atoms with Gasteiger partial charge < -0.3 is 25.4 Å². The van der Waals surface area contributed by atoms with Gasteiger partial charge in [-0.25, -0.2) is 23.1 Å². The highest BCUT2D eigenvalue weighted by Crippen LogP contribution is 2.26. The molecule has 0 atom stereocenters. The first-order valence-electron chi connectivity index (χ1n) is 10.0. The lowest BCUT2D eigenvalue weighted by Gasteiger charge is -2.28. The topological polar surface area (TPSA) is 97.9 Å². The van der Waals surface area contributed by atoms with Crippen molar-refractivity contribution in [2.45, 2.75) is 18.9 Å². The molecule has 0 saturated carbocycles. The van der Waals surface area contributed by atoms with E-state index in [1.165, 1.54) is 6.20 Å². The molecule has 0 spiro atoms. The standard InChI is InChI=1S/C20H23F3N6O2/c21-12-9-15(22)17(16(23)10-12)27-18(24)14-11-25-20(29-3-7-31-8-4-29)28-19(14)26-13-1-5-30-6-2-13/h9-11,13H,1-8H2,(H2,24,27)(H,25,26,28). The summed E-state index contributed by atoms with van der Waals surface area (Å²) >= 11 is 0. The number of benzene rings is 1. The fraction of sp³-hybridized carbons (Fsp3) is 0.450. The number of nitrogens with two attached hydrogens (primary N) is 1. The van der Waals surface area contributed by atoms with Gasteiger partial charge in [-0.2, -0.15) is 4.98 Å². The van der Waals surface area contributed by atoms with Gasteiger partial charge in [0.05, 0.1) is 18.8 Å². The van der Waals surface area contributed by atoms with E-state index in [-0.39, 0.29) is 11.9 Å². The molecule has 11 heteroatoms. The molecule has 3 heterocycles. The molecule has 2 fully saturated rings. The largest absolute Gasteiger partial charge is 0.383 e. The Morgan fingerprint density at radius 2 is 1.71 bits per heavy atom. The van der Waals surface area contributed by atoms with Crippen LogP contribution in [-0.2, 0) is 9.47 Å². The zero-order valence-corrected chi connectivity index (χ0v) is 16.8. The minimum atomic E-state index is -1.15. The molecule has 2 saturated heterocycles. The zero-order valence-electron chi connectivity index (χ0n) is 16.8. The van der Waals surface area contributed by atoms with Gasteiger partial charge in [0.15, 0.2) is 11.6 Å². The van der Waals surface area contributed by atoms with Crippen LogP contribution in [0.25, 0.3) is 0 Å². The van der Waals surface area contributed by atoms with Gasteiger partial charge >= 0.3 is 0 Å². The molecule has 1 aromatic heterocycles. The lowest BCUT2D eigenvalue weighted by atomic mass is 10.1. The summed E-state index contributed by atoms with van der Waals surface area (Å²) in [6.45, 7) is 3.66. The number of nitrogens with one attached hydrogen (secondary N) is 1. The maximum atomic E-state index is 14.0. The number of nitrogens with zero attached hydrogens (tertiary/aromatic N) is 4. The van der Waals surface area contributed by atoms with Gasteiger partial charge in [-0.15, -0.1) is 0 Å². The van der Waals surface area contributed by atoms with Crippen molar-refractivity contribution in [2.75, 3.05) is 49.7 Å². The number of hydrogen-bond donors (Lipinski definition) is 2. The lowest BCUT2D eigenvalue weighted by Crippen LogP contribution is -2.38. The molecule has 8 nitrogen and oxygen atoms in total. The van der Waals surface area contributed by atoms with Crippen molar-refractivity contribution in [3.63, 3.8) is 0 Å². The molecule has 0 aliphatic carbocycles. The van der Waals surface area contributed by atoms with E-state index in [4.69, 9.17) is 15.2 Å². The molecular formula is C20H23F3N6O2. The van der Waals surface area contributed by atoms with Gasteiger partial charge in [0.1, 0.15) is 23.2 Å². The Kier molecular flexibility index (Phi) is 6.52. The van der Waals surface area contributed by atoms with E-state index in [9.17, 15) is 13.2 Å². The lowest BCUT2D eigenvalue weighted by molar-refractivity contribution is 0.0904. The maximum absolute atomic E-state index is 14.0. The van der Waals surface area contributed by atoms with Crippen LogP contribution in [0.2, 0.25) is 0 Å². The molecule has 0 amide bonds. The van der Waals surface area contributed by atoms with Gasteiger partial charge in [-0.3, -0.25) is 0 Å². The Hall–Kier alpha value is -2.92. The second-order valence-corrected chi connectivity index (χ2v) is 7.28. The number of halogens is 3. The van der Waals surface area contributed by atoms with Crippen LogP contribution >= 0.6 is 0 Å².